The Bertz CT molecular complexity index is 205. The number of rotatable bonds is 0. The second kappa shape index (κ2) is 2.04. The molecule has 3 atom stereocenters. The Balaban J connectivity index is 2.23. The van der Waals surface area contributed by atoms with Crippen molar-refractivity contribution in [2.45, 2.75) is 32.1 Å². The van der Waals surface area contributed by atoms with E-state index in [1.54, 1.807) is 0 Å². The van der Waals surface area contributed by atoms with E-state index < -0.39 is 0 Å². The van der Waals surface area contributed by atoms with E-state index >= 15 is 0 Å². The number of hydrogen-bond acceptors (Lipinski definition) is 0. The van der Waals surface area contributed by atoms with Crippen LogP contribution >= 0.6 is 11.6 Å². The first-order valence-electron chi connectivity index (χ1n) is 4.36. The van der Waals surface area contributed by atoms with E-state index in [1.807, 2.05) is 0 Å². The predicted octanol–water partition coefficient (Wildman–Crippen LogP) is 3.22. The Kier molecular flexibility index (Phi) is 1.42. The molecule has 0 radical (unpaired) electrons. The minimum Gasteiger partial charge on any atom is -0.118 e. The second-order valence-electron chi connectivity index (χ2n) is 4.58. The van der Waals surface area contributed by atoms with Gasteiger partial charge in [-0.1, -0.05) is 26.0 Å². The van der Waals surface area contributed by atoms with Crippen LogP contribution in [0.25, 0.3) is 0 Å². The highest BCUT2D eigenvalue weighted by molar-refractivity contribution is 6.22. The van der Waals surface area contributed by atoms with Crippen LogP contribution in [0.15, 0.2) is 12.2 Å². The third kappa shape index (κ3) is 0.823. The molecule has 1 unspecified atom stereocenters. The standard InChI is InChI=1S/C10H15Cl/c1-6-8-4-7(5-9(6)11)10(8,2)3/h7-9H,1,4-5H2,2-3H3/t7-,8-,9?/m1/s1. The van der Waals surface area contributed by atoms with Crippen LogP contribution < -0.4 is 0 Å². The second-order valence-corrected chi connectivity index (χ2v) is 5.11. The summed E-state index contributed by atoms with van der Waals surface area (Å²) in [6.45, 7) is 8.77. The first kappa shape index (κ1) is 7.67. The zero-order valence-electron chi connectivity index (χ0n) is 7.23. The Morgan fingerprint density at radius 1 is 1.45 bits per heavy atom. The molecule has 2 bridgehead atoms. The van der Waals surface area contributed by atoms with E-state index in [9.17, 15) is 0 Å². The van der Waals surface area contributed by atoms with Gasteiger partial charge in [-0.3, -0.25) is 0 Å². The fourth-order valence-electron chi connectivity index (χ4n) is 2.66. The average Bonchev–Trinajstić information content (AvgIpc) is 1.93. The molecule has 0 aromatic rings. The molecule has 0 aliphatic heterocycles. The maximum Gasteiger partial charge on any atom is 0.0548 e. The summed E-state index contributed by atoms with van der Waals surface area (Å²) in [5.41, 5.74) is 1.79. The van der Waals surface area contributed by atoms with Gasteiger partial charge in [0.1, 0.15) is 0 Å². The third-order valence-electron chi connectivity index (χ3n) is 3.81. The van der Waals surface area contributed by atoms with Gasteiger partial charge in [-0.25, -0.2) is 0 Å². The zero-order valence-corrected chi connectivity index (χ0v) is 7.99. The molecule has 3 saturated carbocycles. The molecule has 3 aliphatic carbocycles. The summed E-state index contributed by atoms with van der Waals surface area (Å²) >= 11 is 6.12. The highest BCUT2D eigenvalue weighted by Gasteiger charge is 2.54. The molecular weight excluding hydrogens is 156 g/mol. The summed E-state index contributed by atoms with van der Waals surface area (Å²) in [6, 6.07) is 0. The van der Waals surface area contributed by atoms with Crippen LogP contribution in [0, 0.1) is 17.3 Å². The number of halogens is 1. The lowest BCUT2D eigenvalue weighted by molar-refractivity contribution is -0.0257. The molecule has 0 aromatic heterocycles. The van der Waals surface area contributed by atoms with E-state index in [-0.39, 0.29) is 5.38 Å². The van der Waals surface area contributed by atoms with Gasteiger partial charge in [0.25, 0.3) is 0 Å². The molecule has 3 fully saturated rings. The molecule has 0 heterocycles. The summed E-state index contributed by atoms with van der Waals surface area (Å²) in [5.74, 6) is 1.57. The Labute approximate surface area is 73.6 Å². The lowest BCUT2D eigenvalue weighted by Crippen LogP contribution is -2.52. The van der Waals surface area contributed by atoms with Crippen LogP contribution in [0.4, 0.5) is 0 Å². The molecule has 0 N–H and O–H groups in total. The zero-order chi connectivity index (χ0) is 8.22. The van der Waals surface area contributed by atoms with Gasteiger partial charge in [0, 0.05) is 0 Å². The van der Waals surface area contributed by atoms with Crippen LogP contribution in [0.1, 0.15) is 26.7 Å². The molecule has 0 spiro atoms. The molecule has 0 nitrogen and oxygen atoms in total. The number of hydrogen-bond donors (Lipinski definition) is 0. The minimum atomic E-state index is 0.270. The van der Waals surface area contributed by atoms with Crippen molar-refractivity contribution in [3.05, 3.63) is 12.2 Å². The summed E-state index contributed by atoms with van der Waals surface area (Å²) in [5, 5.41) is 0.270. The van der Waals surface area contributed by atoms with Gasteiger partial charge < -0.3 is 0 Å². The predicted molar refractivity (Wildman–Crippen MR) is 48.8 cm³/mol. The maximum absolute atomic E-state index is 6.12. The monoisotopic (exact) mass is 170 g/mol. The van der Waals surface area contributed by atoms with Crippen LogP contribution in [0.5, 0.6) is 0 Å². The van der Waals surface area contributed by atoms with Crippen molar-refractivity contribution >= 4 is 11.6 Å². The van der Waals surface area contributed by atoms with E-state index in [4.69, 9.17) is 11.6 Å². The van der Waals surface area contributed by atoms with E-state index in [1.165, 1.54) is 12.0 Å². The number of fused-ring (bicyclic) bond motifs is 2. The highest BCUT2D eigenvalue weighted by atomic mass is 35.5. The highest BCUT2D eigenvalue weighted by Crippen LogP contribution is 2.61. The SMILES string of the molecule is C=C1C(Cl)C[C@H]2C[C@H]1C2(C)C. The average molecular weight is 171 g/mol. The maximum atomic E-state index is 6.12. The van der Waals surface area contributed by atoms with E-state index in [0.29, 0.717) is 11.3 Å². The molecule has 3 rings (SSSR count). The van der Waals surface area contributed by atoms with Gasteiger partial charge in [0.15, 0.2) is 0 Å². The first-order valence-corrected chi connectivity index (χ1v) is 4.80. The minimum absolute atomic E-state index is 0.270. The number of alkyl halides is 1. The van der Waals surface area contributed by atoms with Crippen molar-refractivity contribution in [2.24, 2.45) is 17.3 Å². The summed E-state index contributed by atoms with van der Waals surface area (Å²) in [4.78, 5) is 0. The van der Waals surface area contributed by atoms with Gasteiger partial charge in [-0.15, -0.1) is 11.6 Å². The number of allylic oxidation sites excluding steroid dienone is 1. The fraction of sp³-hybridized carbons (Fsp3) is 0.800. The molecule has 3 aliphatic rings. The molecule has 11 heavy (non-hydrogen) atoms. The largest absolute Gasteiger partial charge is 0.118 e. The van der Waals surface area contributed by atoms with Crippen molar-refractivity contribution in [1.82, 2.24) is 0 Å². The van der Waals surface area contributed by atoms with Crippen molar-refractivity contribution in [1.29, 1.82) is 0 Å². The normalized spacial score (nSPS) is 46.8. The Morgan fingerprint density at radius 3 is 2.45 bits per heavy atom. The topological polar surface area (TPSA) is 0 Å². The van der Waals surface area contributed by atoms with Gasteiger partial charge in [-0.2, -0.15) is 0 Å². The van der Waals surface area contributed by atoms with Gasteiger partial charge in [-0.05, 0) is 30.1 Å². The molecule has 0 aromatic carbocycles. The van der Waals surface area contributed by atoms with Crippen LogP contribution in [-0.2, 0) is 0 Å². The van der Waals surface area contributed by atoms with Crippen molar-refractivity contribution in [2.75, 3.05) is 0 Å². The quantitative estimate of drug-likeness (QED) is 0.387. The van der Waals surface area contributed by atoms with Crippen molar-refractivity contribution < 1.29 is 0 Å². The first-order chi connectivity index (χ1) is 5.03. The summed E-state index contributed by atoms with van der Waals surface area (Å²) < 4.78 is 0. The van der Waals surface area contributed by atoms with Crippen molar-refractivity contribution in [3.63, 3.8) is 0 Å². The van der Waals surface area contributed by atoms with Gasteiger partial charge in [0.05, 0.1) is 5.38 Å². The summed E-state index contributed by atoms with van der Waals surface area (Å²) in [6.07, 6.45) is 2.50. The fourth-order valence-corrected chi connectivity index (χ4v) is 3.03. The van der Waals surface area contributed by atoms with Gasteiger partial charge in [0.2, 0.25) is 0 Å². The van der Waals surface area contributed by atoms with E-state index in [0.717, 1.165) is 12.3 Å². The third-order valence-corrected chi connectivity index (χ3v) is 4.27. The summed E-state index contributed by atoms with van der Waals surface area (Å²) in [7, 11) is 0. The van der Waals surface area contributed by atoms with E-state index in [2.05, 4.69) is 20.4 Å². The molecule has 62 valence electrons. The van der Waals surface area contributed by atoms with Crippen LogP contribution in [-0.4, -0.2) is 5.38 Å². The van der Waals surface area contributed by atoms with Gasteiger partial charge >= 0.3 is 0 Å². The Morgan fingerprint density at radius 2 is 2.09 bits per heavy atom. The molecule has 0 saturated heterocycles. The van der Waals surface area contributed by atoms with Crippen LogP contribution in [0.3, 0.4) is 0 Å². The smallest absolute Gasteiger partial charge is 0.0548 e. The lowest BCUT2D eigenvalue weighted by Gasteiger charge is -2.59. The molecule has 1 heteroatoms. The Hall–Kier alpha value is 0.0300. The van der Waals surface area contributed by atoms with Crippen LogP contribution in [0.2, 0.25) is 0 Å². The molecular formula is C10H15Cl. The lowest BCUT2D eigenvalue weighted by atomic mass is 9.47. The van der Waals surface area contributed by atoms with Crippen molar-refractivity contribution in [3.8, 4) is 0 Å². The molecule has 0 amide bonds.